The van der Waals surface area contributed by atoms with E-state index in [4.69, 9.17) is 0 Å². The van der Waals surface area contributed by atoms with Crippen molar-refractivity contribution in [1.82, 2.24) is 0 Å². The molecule has 26 heavy (non-hydrogen) atoms. The molecule has 4 nitrogen and oxygen atoms in total. The summed E-state index contributed by atoms with van der Waals surface area (Å²) in [5, 5.41) is 19.8. The minimum absolute atomic E-state index is 0.368. The second-order valence-corrected chi connectivity index (χ2v) is 7.28. The van der Waals surface area contributed by atoms with Gasteiger partial charge in [0, 0.05) is 37.6 Å². The molecule has 0 aliphatic heterocycles. The normalized spacial score (nSPS) is 14.5. The van der Waals surface area contributed by atoms with Gasteiger partial charge in [0.15, 0.2) is 0 Å². The third kappa shape index (κ3) is 6.70. The Morgan fingerprint density at radius 1 is 0.615 bits per heavy atom. The Morgan fingerprint density at radius 2 is 0.962 bits per heavy atom. The van der Waals surface area contributed by atoms with E-state index in [1.165, 1.54) is 0 Å². The average Bonchev–Trinajstić information content (AvgIpc) is 2.61. The maximum absolute atomic E-state index is 9.89. The predicted molar refractivity (Wildman–Crippen MR) is 110 cm³/mol. The zero-order valence-corrected chi connectivity index (χ0v) is 16.1. The fourth-order valence-electron chi connectivity index (χ4n) is 3.30. The third-order valence-electron chi connectivity index (χ3n) is 4.28. The third-order valence-corrected chi connectivity index (χ3v) is 4.28. The number of rotatable bonds is 10. The summed E-state index contributed by atoms with van der Waals surface area (Å²) in [5.41, 5.74) is 2.25. The van der Waals surface area contributed by atoms with Gasteiger partial charge in [-0.15, -0.1) is 0 Å². The van der Waals surface area contributed by atoms with Crippen molar-refractivity contribution in [2.75, 3.05) is 36.0 Å². The van der Waals surface area contributed by atoms with Gasteiger partial charge >= 0.3 is 0 Å². The van der Waals surface area contributed by atoms with Crippen LogP contribution in [0, 0.1) is 5.92 Å². The van der Waals surface area contributed by atoms with Crippen molar-refractivity contribution in [3.63, 3.8) is 0 Å². The average molecular weight is 357 g/mol. The Labute approximate surface area is 157 Å². The maximum Gasteiger partial charge on any atom is 0.0687 e. The van der Waals surface area contributed by atoms with Crippen LogP contribution in [-0.2, 0) is 0 Å². The smallest absolute Gasteiger partial charge is 0.0687 e. The first-order valence-corrected chi connectivity index (χ1v) is 9.41. The molecule has 2 atom stereocenters. The van der Waals surface area contributed by atoms with Crippen LogP contribution in [0.15, 0.2) is 60.7 Å². The van der Waals surface area contributed by atoms with Crippen LogP contribution in [0.4, 0.5) is 11.4 Å². The fourth-order valence-corrected chi connectivity index (χ4v) is 3.30. The van der Waals surface area contributed by atoms with Gasteiger partial charge in [0.25, 0.3) is 0 Å². The van der Waals surface area contributed by atoms with Gasteiger partial charge in [-0.1, -0.05) is 43.3 Å². The van der Waals surface area contributed by atoms with Crippen molar-refractivity contribution >= 4 is 11.4 Å². The Balaban J connectivity index is 2.07. The molecular weight excluding hydrogens is 324 g/mol. The summed E-state index contributed by atoms with van der Waals surface area (Å²) in [5.74, 6) is 0.368. The summed E-state index contributed by atoms with van der Waals surface area (Å²) in [6.07, 6.45) is -0.768. The van der Waals surface area contributed by atoms with E-state index in [0.29, 0.717) is 19.0 Å². The number of aliphatic hydroxyl groups is 2. The minimum Gasteiger partial charge on any atom is -0.392 e. The summed E-state index contributed by atoms with van der Waals surface area (Å²) in [6, 6.07) is 20.5. The topological polar surface area (TPSA) is 46.9 Å². The number of anilines is 2. The van der Waals surface area contributed by atoms with Crippen molar-refractivity contribution in [1.29, 1.82) is 0 Å². The number of hydrogen-bond acceptors (Lipinski definition) is 4. The highest BCUT2D eigenvalue weighted by atomic mass is 16.3. The van der Waals surface area contributed by atoms with Gasteiger partial charge in [-0.25, -0.2) is 0 Å². The molecule has 2 unspecified atom stereocenters. The van der Waals surface area contributed by atoms with E-state index >= 15 is 0 Å². The summed E-state index contributed by atoms with van der Waals surface area (Å²) < 4.78 is 0. The molecular formula is C22H32N2O2. The molecule has 0 aliphatic carbocycles. The standard InChI is InChI=1S/C22H32N2O2/c1-18(14-23(16-19(2)25)21-10-6-4-7-11-21)15-24(17-20(3)26)22-12-8-5-9-13-22/h4-13,18-20,25-26H,14-17H2,1-3H3. The lowest BCUT2D eigenvalue weighted by atomic mass is 10.1. The van der Waals surface area contributed by atoms with E-state index in [1.807, 2.05) is 50.2 Å². The van der Waals surface area contributed by atoms with Crippen LogP contribution in [-0.4, -0.2) is 48.6 Å². The number of benzene rings is 2. The van der Waals surface area contributed by atoms with E-state index in [2.05, 4.69) is 41.0 Å². The molecule has 0 aliphatic rings. The molecule has 0 fully saturated rings. The van der Waals surface area contributed by atoms with E-state index < -0.39 is 0 Å². The zero-order valence-electron chi connectivity index (χ0n) is 16.1. The summed E-state index contributed by atoms with van der Waals surface area (Å²) in [7, 11) is 0. The molecule has 0 aromatic heterocycles. The van der Waals surface area contributed by atoms with Gasteiger partial charge in [0.05, 0.1) is 12.2 Å². The molecule has 0 bridgehead atoms. The van der Waals surface area contributed by atoms with Crippen LogP contribution in [0.5, 0.6) is 0 Å². The van der Waals surface area contributed by atoms with Crippen LogP contribution >= 0.6 is 0 Å². The van der Waals surface area contributed by atoms with Gasteiger partial charge in [0.1, 0.15) is 0 Å². The lowest BCUT2D eigenvalue weighted by molar-refractivity contribution is 0.196. The Bertz CT molecular complexity index is 561. The van der Waals surface area contributed by atoms with Crippen LogP contribution < -0.4 is 9.80 Å². The number of aliphatic hydroxyl groups excluding tert-OH is 2. The molecule has 4 heteroatoms. The molecule has 0 radical (unpaired) electrons. The highest BCUT2D eigenvalue weighted by Crippen LogP contribution is 2.19. The number of nitrogens with zero attached hydrogens (tertiary/aromatic N) is 2. The van der Waals surface area contributed by atoms with Crippen LogP contribution in [0.1, 0.15) is 20.8 Å². The Kier molecular flexibility index (Phi) is 7.95. The molecule has 0 amide bonds. The lowest BCUT2D eigenvalue weighted by Gasteiger charge is -2.33. The lowest BCUT2D eigenvalue weighted by Crippen LogP contribution is -2.40. The number of hydrogen-bond donors (Lipinski definition) is 2. The van der Waals surface area contributed by atoms with Crippen LogP contribution in [0.25, 0.3) is 0 Å². The highest BCUT2D eigenvalue weighted by Gasteiger charge is 2.17. The summed E-state index contributed by atoms with van der Waals surface area (Å²) >= 11 is 0. The zero-order chi connectivity index (χ0) is 18.9. The molecule has 2 rings (SSSR count). The fraction of sp³-hybridized carbons (Fsp3) is 0.455. The quantitative estimate of drug-likeness (QED) is 0.685. The van der Waals surface area contributed by atoms with Gasteiger partial charge in [-0.3, -0.25) is 0 Å². The molecule has 2 aromatic rings. The van der Waals surface area contributed by atoms with Crippen molar-refractivity contribution in [2.24, 2.45) is 5.92 Å². The van der Waals surface area contributed by atoms with Crippen LogP contribution in [0.3, 0.4) is 0 Å². The molecule has 0 saturated heterocycles. The van der Waals surface area contributed by atoms with Gasteiger partial charge < -0.3 is 20.0 Å². The van der Waals surface area contributed by atoms with Crippen molar-refractivity contribution < 1.29 is 10.2 Å². The first-order chi connectivity index (χ1) is 12.5. The second kappa shape index (κ2) is 10.2. The molecule has 0 saturated carbocycles. The molecule has 2 N–H and O–H groups in total. The van der Waals surface area contributed by atoms with E-state index in [9.17, 15) is 10.2 Å². The van der Waals surface area contributed by atoms with Crippen LogP contribution in [0.2, 0.25) is 0 Å². The van der Waals surface area contributed by atoms with Crippen molar-refractivity contribution in [3.05, 3.63) is 60.7 Å². The molecule has 2 aromatic carbocycles. The van der Waals surface area contributed by atoms with E-state index in [1.54, 1.807) is 0 Å². The molecule has 0 spiro atoms. The monoisotopic (exact) mass is 356 g/mol. The summed E-state index contributed by atoms with van der Waals surface area (Å²) in [6.45, 7) is 8.77. The SMILES string of the molecule is CC(O)CN(CC(C)CN(CC(C)O)c1ccccc1)c1ccccc1. The first kappa shape index (κ1) is 20.3. The van der Waals surface area contributed by atoms with E-state index in [0.717, 1.165) is 24.5 Å². The van der Waals surface area contributed by atoms with Gasteiger partial charge in [0.2, 0.25) is 0 Å². The largest absolute Gasteiger partial charge is 0.392 e. The van der Waals surface area contributed by atoms with E-state index in [-0.39, 0.29) is 12.2 Å². The Morgan fingerprint density at radius 3 is 1.27 bits per heavy atom. The number of para-hydroxylation sites is 2. The first-order valence-electron chi connectivity index (χ1n) is 9.41. The van der Waals surface area contributed by atoms with Crippen molar-refractivity contribution in [2.45, 2.75) is 33.0 Å². The predicted octanol–water partition coefficient (Wildman–Crippen LogP) is 3.40. The highest BCUT2D eigenvalue weighted by molar-refractivity contribution is 5.47. The maximum atomic E-state index is 9.89. The summed E-state index contributed by atoms with van der Waals surface area (Å²) in [4.78, 5) is 4.47. The molecule has 142 valence electrons. The van der Waals surface area contributed by atoms with Gasteiger partial charge in [-0.05, 0) is 44.0 Å². The second-order valence-electron chi connectivity index (χ2n) is 7.28. The Hall–Kier alpha value is -2.04. The minimum atomic E-state index is -0.384. The molecule has 0 heterocycles. The van der Waals surface area contributed by atoms with Gasteiger partial charge in [-0.2, -0.15) is 0 Å². The van der Waals surface area contributed by atoms with Crippen molar-refractivity contribution in [3.8, 4) is 0 Å².